The summed E-state index contributed by atoms with van der Waals surface area (Å²) in [5, 5.41) is 7.69. The van der Waals surface area contributed by atoms with E-state index in [1.807, 2.05) is 24.3 Å². The van der Waals surface area contributed by atoms with Crippen molar-refractivity contribution < 1.29 is 4.79 Å². The Hall–Kier alpha value is -1.05. The monoisotopic (exact) mass is 590 g/mol. The number of nitrogens with zero attached hydrogens (tertiary/aromatic N) is 2. The van der Waals surface area contributed by atoms with E-state index in [0.29, 0.717) is 12.5 Å². The van der Waals surface area contributed by atoms with Crippen molar-refractivity contribution in [3.05, 3.63) is 70.2 Å². The standard InChI is InChI=1S/C28H39ClN4O.3ClH/c1-21(2)30-15-16-31-26(20-22-8-10-24(29)11-9-22)27(34)33-18-13-28(14-19-33)25-7-5-4-6-23(25)12-17-32(28)3;;;/h4-11,21,26,30-31H,12-20H2,1-3H3;3*1H/t26-;;;/m1.../s1. The lowest BCUT2D eigenvalue weighted by Crippen LogP contribution is -2.58. The molecule has 2 aliphatic heterocycles. The van der Waals surface area contributed by atoms with Crippen LogP contribution in [0.5, 0.6) is 0 Å². The van der Waals surface area contributed by atoms with E-state index in [-0.39, 0.29) is 54.7 Å². The fourth-order valence-electron chi connectivity index (χ4n) is 5.58. The molecule has 208 valence electrons. The highest BCUT2D eigenvalue weighted by atomic mass is 35.5. The van der Waals surface area contributed by atoms with Gasteiger partial charge in [-0.15, -0.1) is 37.2 Å². The van der Waals surface area contributed by atoms with Crippen molar-refractivity contribution in [1.82, 2.24) is 20.4 Å². The molecule has 0 saturated carbocycles. The van der Waals surface area contributed by atoms with Crippen molar-refractivity contribution in [3.8, 4) is 0 Å². The van der Waals surface area contributed by atoms with Crippen molar-refractivity contribution in [2.24, 2.45) is 0 Å². The molecule has 1 amide bonds. The molecule has 0 radical (unpaired) electrons. The number of benzene rings is 2. The first-order valence-electron chi connectivity index (χ1n) is 12.7. The maximum atomic E-state index is 13.7. The van der Waals surface area contributed by atoms with E-state index >= 15 is 0 Å². The first kappa shape index (κ1) is 34.0. The Morgan fingerprint density at radius 2 is 1.57 bits per heavy atom. The Morgan fingerprint density at radius 3 is 2.22 bits per heavy atom. The first-order chi connectivity index (χ1) is 16.4. The molecule has 2 aliphatic rings. The summed E-state index contributed by atoms with van der Waals surface area (Å²) >= 11 is 6.08. The molecule has 0 aliphatic carbocycles. The van der Waals surface area contributed by atoms with Crippen LogP contribution in [0.2, 0.25) is 5.02 Å². The number of nitrogens with one attached hydrogen (secondary N) is 2. The van der Waals surface area contributed by atoms with Gasteiger partial charge in [-0.05, 0) is 61.6 Å². The van der Waals surface area contributed by atoms with Crippen LogP contribution in [0, 0.1) is 0 Å². The Kier molecular flexibility index (Phi) is 14.3. The highest BCUT2D eigenvalue weighted by Crippen LogP contribution is 2.42. The predicted octanol–water partition coefficient (Wildman–Crippen LogP) is 5.11. The largest absolute Gasteiger partial charge is 0.341 e. The highest BCUT2D eigenvalue weighted by molar-refractivity contribution is 6.30. The molecule has 0 aromatic heterocycles. The van der Waals surface area contributed by atoms with Gasteiger partial charge in [0.05, 0.1) is 6.04 Å². The van der Waals surface area contributed by atoms with Crippen molar-refractivity contribution in [3.63, 3.8) is 0 Å². The maximum Gasteiger partial charge on any atom is 0.240 e. The number of hydrogen-bond acceptors (Lipinski definition) is 4. The molecule has 37 heavy (non-hydrogen) atoms. The molecule has 1 saturated heterocycles. The van der Waals surface area contributed by atoms with Crippen molar-refractivity contribution in [2.75, 3.05) is 39.8 Å². The number of likely N-dealkylation sites (N-methyl/N-ethyl adjacent to an activating group) is 1. The van der Waals surface area contributed by atoms with E-state index in [1.54, 1.807) is 0 Å². The molecular weight excluding hydrogens is 550 g/mol. The van der Waals surface area contributed by atoms with Crippen molar-refractivity contribution >= 4 is 54.7 Å². The normalized spacial score (nSPS) is 17.3. The minimum absolute atomic E-state index is 0. The summed E-state index contributed by atoms with van der Waals surface area (Å²) in [5.74, 6) is 0.209. The number of amides is 1. The summed E-state index contributed by atoms with van der Waals surface area (Å²) in [6, 6.07) is 16.9. The third kappa shape index (κ3) is 8.22. The smallest absolute Gasteiger partial charge is 0.240 e. The molecule has 9 heteroatoms. The minimum atomic E-state index is -0.236. The van der Waals surface area contributed by atoms with E-state index < -0.39 is 0 Å². The van der Waals surface area contributed by atoms with Crippen molar-refractivity contribution in [1.29, 1.82) is 0 Å². The van der Waals surface area contributed by atoms with Crippen LogP contribution < -0.4 is 10.6 Å². The van der Waals surface area contributed by atoms with Crippen LogP contribution in [-0.2, 0) is 23.2 Å². The Labute approximate surface area is 246 Å². The predicted molar refractivity (Wildman–Crippen MR) is 162 cm³/mol. The van der Waals surface area contributed by atoms with E-state index in [2.05, 4.69) is 65.6 Å². The number of halogens is 4. The van der Waals surface area contributed by atoms with Crippen LogP contribution in [0.3, 0.4) is 0 Å². The summed E-state index contributed by atoms with van der Waals surface area (Å²) in [5.41, 5.74) is 4.11. The van der Waals surface area contributed by atoms with E-state index in [1.165, 1.54) is 11.1 Å². The van der Waals surface area contributed by atoms with Gasteiger partial charge in [0.2, 0.25) is 5.91 Å². The number of likely N-dealkylation sites (tertiary alicyclic amines) is 1. The average molecular weight is 592 g/mol. The quantitative estimate of drug-likeness (QED) is 0.419. The van der Waals surface area contributed by atoms with Crippen LogP contribution in [-0.4, -0.2) is 67.6 Å². The molecule has 5 nitrogen and oxygen atoms in total. The maximum absolute atomic E-state index is 13.7. The van der Waals surface area contributed by atoms with Gasteiger partial charge in [-0.1, -0.05) is 61.8 Å². The molecule has 2 aromatic rings. The van der Waals surface area contributed by atoms with Gasteiger partial charge in [0.1, 0.15) is 0 Å². The van der Waals surface area contributed by atoms with Gasteiger partial charge in [-0.2, -0.15) is 0 Å². The highest BCUT2D eigenvalue weighted by Gasteiger charge is 2.44. The fourth-order valence-corrected chi connectivity index (χ4v) is 5.70. The molecule has 1 spiro atoms. The molecule has 2 N–H and O–H groups in total. The molecule has 1 atom stereocenters. The number of fused-ring (bicyclic) bond motifs is 2. The number of piperidine rings is 1. The molecule has 0 bridgehead atoms. The Balaban J connectivity index is 0.00000228. The Bertz CT molecular complexity index is 965. The van der Waals surface area contributed by atoms with Gasteiger partial charge in [0.15, 0.2) is 0 Å². The average Bonchev–Trinajstić information content (AvgIpc) is 2.85. The third-order valence-electron chi connectivity index (χ3n) is 7.59. The zero-order valence-corrected chi connectivity index (χ0v) is 25.2. The summed E-state index contributed by atoms with van der Waals surface area (Å²) in [4.78, 5) is 18.3. The zero-order chi connectivity index (χ0) is 24.1. The van der Waals surface area contributed by atoms with Gasteiger partial charge in [-0.25, -0.2) is 0 Å². The number of hydrogen-bond donors (Lipinski definition) is 2. The van der Waals surface area contributed by atoms with Crippen LogP contribution in [0.15, 0.2) is 48.5 Å². The molecule has 1 fully saturated rings. The van der Waals surface area contributed by atoms with Gasteiger partial charge in [0.25, 0.3) is 0 Å². The lowest BCUT2D eigenvalue weighted by Gasteiger charge is -2.51. The summed E-state index contributed by atoms with van der Waals surface area (Å²) in [6.45, 7) is 8.54. The van der Waals surface area contributed by atoms with Crippen LogP contribution >= 0.6 is 48.8 Å². The lowest BCUT2D eigenvalue weighted by molar-refractivity contribution is -0.136. The Morgan fingerprint density at radius 1 is 0.946 bits per heavy atom. The van der Waals surface area contributed by atoms with Crippen LogP contribution in [0.25, 0.3) is 0 Å². The topological polar surface area (TPSA) is 47.6 Å². The third-order valence-corrected chi connectivity index (χ3v) is 7.84. The van der Waals surface area contributed by atoms with E-state index in [4.69, 9.17) is 11.6 Å². The van der Waals surface area contributed by atoms with Gasteiger partial charge in [-0.3, -0.25) is 9.69 Å². The molecule has 0 unspecified atom stereocenters. The first-order valence-corrected chi connectivity index (χ1v) is 13.1. The van der Waals surface area contributed by atoms with Gasteiger partial charge < -0.3 is 15.5 Å². The van der Waals surface area contributed by atoms with Crippen molar-refractivity contribution in [2.45, 2.75) is 57.2 Å². The minimum Gasteiger partial charge on any atom is -0.341 e. The molecular formula is C28H42Cl4N4O. The molecule has 4 rings (SSSR count). The summed E-state index contributed by atoms with van der Waals surface area (Å²) in [6.07, 6.45) is 3.74. The van der Waals surface area contributed by atoms with Gasteiger partial charge in [0, 0.05) is 49.3 Å². The number of carbonyl (C=O) groups is 1. The summed E-state index contributed by atoms with van der Waals surface area (Å²) < 4.78 is 0. The number of carbonyl (C=O) groups excluding carboxylic acids is 1. The molecule has 2 heterocycles. The second kappa shape index (κ2) is 15.5. The van der Waals surface area contributed by atoms with E-state index in [9.17, 15) is 4.79 Å². The van der Waals surface area contributed by atoms with Crippen LogP contribution in [0.4, 0.5) is 0 Å². The SMILES string of the molecule is CC(C)NCCN[C@H](Cc1ccc(Cl)cc1)C(=O)N1CCC2(CC1)c1ccccc1CCN2C.Cl.Cl.Cl. The van der Waals surface area contributed by atoms with Gasteiger partial charge >= 0.3 is 0 Å². The molecule has 2 aromatic carbocycles. The lowest BCUT2D eigenvalue weighted by atomic mass is 9.74. The number of rotatable bonds is 8. The zero-order valence-electron chi connectivity index (χ0n) is 22.0. The van der Waals surface area contributed by atoms with Crippen LogP contribution in [0.1, 0.15) is 43.4 Å². The fraction of sp³-hybridized carbons (Fsp3) is 0.536. The summed E-state index contributed by atoms with van der Waals surface area (Å²) in [7, 11) is 2.25. The second-order valence-corrected chi connectivity index (χ2v) is 10.6. The second-order valence-electron chi connectivity index (χ2n) is 10.1. The van der Waals surface area contributed by atoms with E-state index in [0.717, 1.165) is 62.6 Å².